The average Bonchev–Trinajstić information content (AvgIpc) is 3.54. The number of benzene rings is 2. The lowest BCUT2D eigenvalue weighted by Crippen LogP contribution is -2.50. The summed E-state index contributed by atoms with van der Waals surface area (Å²) < 4.78 is 38.4. The number of carbonyl (C=O) groups is 3. The van der Waals surface area contributed by atoms with Gasteiger partial charge in [0, 0.05) is 57.8 Å². The van der Waals surface area contributed by atoms with Gasteiger partial charge in [-0.3, -0.25) is 14.4 Å². The minimum atomic E-state index is -0.806. The highest BCUT2D eigenvalue weighted by Crippen LogP contribution is 2.15. The lowest BCUT2D eigenvalue weighted by atomic mass is 10.0. The van der Waals surface area contributed by atoms with Crippen LogP contribution in [0.5, 0.6) is 0 Å². The molecule has 2 amide bonds. The lowest BCUT2D eigenvalue weighted by molar-refractivity contribution is -0.152. The van der Waals surface area contributed by atoms with E-state index in [0.29, 0.717) is 38.3 Å². The zero-order chi connectivity index (χ0) is 30.8. The van der Waals surface area contributed by atoms with Crippen molar-refractivity contribution in [3.05, 3.63) is 94.9 Å². The van der Waals surface area contributed by atoms with Gasteiger partial charge < -0.3 is 30.0 Å². The highest BCUT2D eigenvalue weighted by molar-refractivity contribution is 5.91. The highest BCUT2D eigenvalue weighted by Gasteiger charge is 2.27. The Kier molecular flexibility index (Phi) is 11.4. The van der Waals surface area contributed by atoms with Crippen molar-refractivity contribution in [2.24, 2.45) is 5.73 Å². The number of halogens is 2. The Morgan fingerprint density at radius 1 is 0.930 bits per heavy atom. The third kappa shape index (κ3) is 9.45. The third-order valence-corrected chi connectivity index (χ3v) is 7.42. The summed E-state index contributed by atoms with van der Waals surface area (Å²) >= 11 is 0. The predicted molar refractivity (Wildman–Crippen MR) is 156 cm³/mol. The second kappa shape index (κ2) is 15.4. The van der Waals surface area contributed by atoms with Gasteiger partial charge in [0.1, 0.15) is 17.7 Å². The maximum atomic E-state index is 13.8. The Hall–Kier alpha value is -4.09. The van der Waals surface area contributed by atoms with Crippen LogP contribution in [0.3, 0.4) is 0 Å². The predicted octanol–water partition coefficient (Wildman–Crippen LogP) is 3.46. The van der Waals surface area contributed by atoms with Gasteiger partial charge in [0.05, 0.1) is 12.7 Å². The van der Waals surface area contributed by atoms with E-state index in [9.17, 15) is 23.2 Å². The van der Waals surface area contributed by atoms with E-state index in [0.717, 1.165) is 18.1 Å². The van der Waals surface area contributed by atoms with Crippen molar-refractivity contribution in [2.45, 2.75) is 51.3 Å². The molecule has 0 aliphatic carbocycles. The van der Waals surface area contributed by atoms with Gasteiger partial charge >= 0.3 is 5.97 Å². The van der Waals surface area contributed by atoms with Crippen LogP contribution in [0.4, 0.5) is 8.78 Å². The van der Waals surface area contributed by atoms with E-state index in [1.807, 2.05) is 18.2 Å². The minimum absolute atomic E-state index is 0.0563. The summed E-state index contributed by atoms with van der Waals surface area (Å²) in [5.74, 6) is -2.21. The van der Waals surface area contributed by atoms with Crippen LogP contribution < -0.4 is 11.1 Å². The first-order chi connectivity index (χ1) is 20.7. The van der Waals surface area contributed by atoms with Gasteiger partial charge in [-0.15, -0.1) is 0 Å². The zero-order valence-electron chi connectivity index (χ0n) is 24.3. The van der Waals surface area contributed by atoms with Crippen LogP contribution in [0.1, 0.15) is 47.0 Å². The SMILES string of the molecule is CCc1cccc(CNCC(OC(=O)CCC(=O)N2CCN(C(=O)c3ccco3)CC2)C(N)Cc2cc(F)cc(F)c2)c1. The largest absolute Gasteiger partial charge is 0.459 e. The maximum absolute atomic E-state index is 13.8. The molecular formula is C32H38F2N4O5. The van der Waals surface area contributed by atoms with Crippen LogP contribution >= 0.6 is 0 Å². The zero-order valence-corrected chi connectivity index (χ0v) is 24.3. The molecule has 2 atom stereocenters. The second-order valence-corrected chi connectivity index (χ2v) is 10.6. The molecule has 1 aliphatic rings. The molecule has 1 fully saturated rings. The third-order valence-electron chi connectivity index (χ3n) is 7.42. The number of hydrogen-bond donors (Lipinski definition) is 2. The van der Waals surface area contributed by atoms with E-state index < -0.39 is 29.7 Å². The summed E-state index contributed by atoms with van der Waals surface area (Å²) in [6.45, 7) is 4.21. The molecule has 2 heterocycles. The number of nitrogens with zero attached hydrogens (tertiary/aromatic N) is 2. The monoisotopic (exact) mass is 596 g/mol. The molecule has 9 nitrogen and oxygen atoms in total. The van der Waals surface area contributed by atoms with Crippen molar-refractivity contribution in [2.75, 3.05) is 32.7 Å². The Labute approximate surface area is 250 Å². The van der Waals surface area contributed by atoms with E-state index in [4.69, 9.17) is 14.9 Å². The topological polar surface area (TPSA) is 118 Å². The molecular weight excluding hydrogens is 558 g/mol. The Bertz CT molecular complexity index is 1360. The summed E-state index contributed by atoms with van der Waals surface area (Å²) in [6.07, 6.45) is 1.41. The first-order valence-electron chi connectivity index (χ1n) is 14.5. The summed E-state index contributed by atoms with van der Waals surface area (Å²) in [4.78, 5) is 41.3. The number of piperazine rings is 1. The fraction of sp³-hybridized carbons (Fsp3) is 0.406. The summed E-state index contributed by atoms with van der Waals surface area (Å²) in [5, 5.41) is 3.27. The smallest absolute Gasteiger partial charge is 0.306 e. The molecule has 1 aromatic heterocycles. The van der Waals surface area contributed by atoms with Crippen LogP contribution in [0, 0.1) is 11.6 Å². The first kappa shape index (κ1) is 31.8. The number of nitrogens with two attached hydrogens (primary N) is 1. The fourth-order valence-corrected chi connectivity index (χ4v) is 5.04. The van der Waals surface area contributed by atoms with Gasteiger partial charge in [0.15, 0.2) is 5.76 Å². The van der Waals surface area contributed by atoms with E-state index in [1.165, 1.54) is 24.0 Å². The van der Waals surface area contributed by atoms with Crippen molar-refractivity contribution < 1.29 is 32.3 Å². The summed E-state index contributed by atoms with van der Waals surface area (Å²) in [6, 6.07) is 13.8. The van der Waals surface area contributed by atoms with Crippen LogP contribution in [0.15, 0.2) is 65.3 Å². The van der Waals surface area contributed by atoms with Crippen LogP contribution in [-0.4, -0.2) is 72.5 Å². The molecule has 4 rings (SSSR count). The number of rotatable bonds is 13. The van der Waals surface area contributed by atoms with Gasteiger partial charge in [0.2, 0.25) is 5.91 Å². The van der Waals surface area contributed by atoms with Gasteiger partial charge in [-0.2, -0.15) is 0 Å². The summed E-state index contributed by atoms with van der Waals surface area (Å²) in [7, 11) is 0. The van der Waals surface area contributed by atoms with Crippen molar-refractivity contribution in [3.8, 4) is 0 Å². The lowest BCUT2D eigenvalue weighted by Gasteiger charge is -2.34. The van der Waals surface area contributed by atoms with Gasteiger partial charge in [-0.1, -0.05) is 31.2 Å². The Balaban J connectivity index is 1.29. The maximum Gasteiger partial charge on any atom is 0.306 e. The molecule has 0 radical (unpaired) electrons. The number of hydrogen-bond acceptors (Lipinski definition) is 7. The van der Waals surface area contributed by atoms with Crippen LogP contribution in [-0.2, 0) is 33.7 Å². The highest BCUT2D eigenvalue weighted by atomic mass is 19.1. The molecule has 0 saturated carbocycles. The fourth-order valence-electron chi connectivity index (χ4n) is 5.04. The molecule has 3 aromatic rings. The van der Waals surface area contributed by atoms with Crippen molar-refractivity contribution in [3.63, 3.8) is 0 Å². The number of ether oxygens (including phenoxy) is 1. The van der Waals surface area contributed by atoms with E-state index >= 15 is 0 Å². The van der Waals surface area contributed by atoms with E-state index in [1.54, 1.807) is 21.9 Å². The molecule has 0 spiro atoms. The van der Waals surface area contributed by atoms with Gasteiger partial charge in [0.25, 0.3) is 5.91 Å². The molecule has 2 unspecified atom stereocenters. The molecule has 230 valence electrons. The number of carbonyl (C=O) groups excluding carboxylic acids is 3. The molecule has 11 heteroatoms. The number of aryl methyl sites for hydroxylation is 1. The molecule has 0 bridgehead atoms. The van der Waals surface area contributed by atoms with Crippen molar-refractivity contribution in [1.29, 1.82) is 0 Å². The quantitative estimate of drug-likeness (QED) is 0.290. The van der Waals surface area contributed by atoms with Crippen molar-refractivity contribution in [1.82, 2.24) is 15.1 Å². The Morgan fingerprint density at radius 2 is 1.63 bits per heavy atom. The van der Waals surface area contributed by atoms with Gasteiger partial charge in [-0.25, -0.2) is 8.78 Å². The molecule has 1 aliphatic heterocycles. The van der Waals surface area contributed by atoms with Crippen LogP contribution in [0.25, 0.3) is 0 Å². The minimum Gasteiger partial charge on any atom is -0.459 e. The number of esters is 1. The second-order valence-electron chi connectivity index (χ2n) is 10.6. The van der Waals surface area contributed by atoms with Crippen LogP contribution in [0.2, 0.25) is 0 Å². The average molecular weight is 597 g/mol. The number of furan rings is 1. The standard InChI is InChI=1S/C32H38F2N4O5/c1-2-22-5-3-6-23(15-22)20-36-21-29(27(35)18-24-16-25(33)19-26(34)17-24)43-31(40)9-8-30(39)37-10-12-38(13-11-37)32(41)28-7-4-14-42-28/h3-7,14-17,19,27,29,36H,2,8-13,18,20-21,35H2,1H3. The molecule has 2 aromatic carbocycles. The van der Waals surface area contributed by atoms with Gasteiger partial charge in [-0.05, 0) is 53.8 Å². The Morgan fingerprint density at radius 3 is 2.30 bits per heavy atom. The summed E-state index contributed by atoms with van der Waals surface area (Å²) in [5.41, 5.74) is 9.00. The van der Waals surface area contributed by atoms with E-state index in [-0.39, 0.29) is 43.4 Å². The normalized spacial score (nSPS) is 14.8. The number of nitrogens with one attached hydrogen (secondary N) is 1. The molecule has 43 heavy (non-hydrogen) atoms. The van der Waals surface area contributed by atoms with E-state index in [2.05, 4.69) is 18.3 Å². The molecule has 1 saturated heterocycles. The molecule has 3 N–H and O–H groups in total. The first-order valence-corrected chi connectivity index (χ1v) is 14.5. The van der Waals surface area contributed by atoms with Crippen molar-refractivity contribution >= 4 is 17.8 Å². The number of amides is 2.